The Labute approximate surface area is 161 Å². The fourth-order valence-corrected chi connectivity index (χ4v) is 2.35. The van der Waals surface area contributed by atoms with Gasteiger partial charge >= 0.3 is 11.9 Å². The second-order valence-electron chi connectivity index (χ2n) is 6.35. The maximum absolute atomic E-state index is 12.5. The van der Waals surface area contributed by atoms with Crippen molar-refractivity contribution in [3.63, 3.8) is 0 Å². The molecule has 0 spiro atoms. The molecule has 2 amide bonds. The van der Waals surface area contributed by atoms with Crippen molar-refractivity contribution in [1.29, 1.82) is 0 Å². The summed E-state index contributed by atoms with van der Waals surface area (Å²) in [6.45, 7) is 1.29. The molecule has 0 aliphatic heterocycles. The second-order valence-corrected chi connectivity index (χ2v) is 6.35. The Morgan fingerprint density at radius 2 is 1.57 bits per heavy atom. The van der Waals surface area contributed by atoms with Gasteiger partial charge in [-0.3, -0.25) is 14.4 Å². The van der Waals surface area contributed by atoms with E-state index in [0.29, 0.717) is 5.56 Å². The number of aliphatic hydroxyl groups excluding tert-OH is 1. The van der Waals surface area contributed by atoms with Gasteiger partial charge in [0.15, 0.2) is 0 Å². The van der Waals surface area contributed by atoms with Gasteiger partial charge in [0.25, 0.3) is 0 Å². The van der Waals surface area contributed by atoms with Gasteiger partial charge in [-0.05, 0) is 18.9 Å². The van der Waals surface area contributed by atoms with E-state index in [1.807, 2.05) is 0 Å². The molecule has 10 nitrogen and oxygen atoms in total. The maximum atomic E-state index is 12.5. The fourth-order valence-electron chi connectivity index (χ4n) is 2.35. The van der Waals surface area contributed by atoms with E-state index in [4.69, 9.17) is 10.8 Å². The zero-order chi connectivity index (χ0) is 21.3. The summed E-state index contributed by atoms with van der Waals surface area (Å²) in [7, 11) is 0. The Morgan fingerprint density at radius 1 is 1.00 bits per heavy atom. The molecule has 0 fully saturated rings. The first-order valence-electron chi connectivity index (χ1n) is 8.64. The van der Waals surface area contributed by atoms with Crippen molar-refractivity contribution in [1.82, 2.24) is 10.6 Å². The smallest absolute Gasteiger partial charge is 0.326 e. The van der Waals surface area contributed by atoms with Gasteiger partial charge in [-0.2, -0.15) is 0 Å². The zero-order valence-corrected chi connectivity index (χ0v) is 15.4. The Balaban J connectivity index is 2.88. The lowest BCUT2D eigenvalue weighted by Crippen LogP contribution is -2.56. The largest absolute Gasteiger partial charge is 0.481 e. The minimum atomic E-state index is -1.32. The van der Waals surface area contributed by atoms with Crippen molar-refractivity contribution >= 4 is 23.8 Å². The van der Waals surface area contributed by atoms with E-state index in [9.17, 15) is 29.4 Å². The Hall–Kier alpha value is -2.98. The van der Waals surface area contributed by atoms with E-state index < -0.39 is 54.4 Å². The lowest BCUT2D eigenvalue weighted by atomic mass is 10.0. The average Bonchev–Trinajstić information content (AvgIpc) is 2.63. The molecule has 0 saturated carbocycles. The minimum absolute atomic E-state index is 0.00863. The van der Waals surface area contributed by atoms with Crippen LogP contribution in [0.25, 0.3) is 0 Å². The number of nitrogens with two attached hydrogens (primary N) is 1. The molecule has 1 rings (SSSR count). The summed E-state index contributed by atoms with van der Waals surface area (Å²) < 4.78 is 0. The number of rotatable bonds is 11. The summed E-state index contributed by atoms with van der Waals surface area (Å²) in [6, 6.07) is 4.71. The van der Waals surface area contributed by atoms with E-state index in [2.05, 4.69) is 10.6 Å². The van der Waals surface area contributed by atoms with Gasteiger partial charge in [0.1, 0.15) is 18.1 Å². The topological polar surface area (TPSA) is 179 Å². The molecule has 0 radical (unpaired) electrons. The highest BCUT2D eigenvalue weighted by molar-refractivity contribution is 5.92. The number of aliphatic carboxylic acids is 2. The molecule has 1 aromatic rings. The predicted octanol–water partition coefficient (Wildman–Crippen LogP) is -1.14. The van der Waals surface area contributed by atoms with Crippen LogP contribution in [0.3, 0.4) is 0 Å². The summed E-state index contributed by atoms with van der Waals surface area (Å²) >= 11 is 0. The molecule has 0 bridgehead atoms. The van der Waals surface area contributed by atoms with Crippen LogP contribution in [0.2, 0.25) is 0 Å². The standard InChI is InChI=1S/C18H25N3O7/c1-10(22)15(19)17(26)20-12(7-8-14(23)24)16(25)21-13(18(27)28)9-11-5-3-2-4-6-11/h2-6,10,12-13,15,22H,7-9,19H2,1H3,(H,20,26)(H,21,25)(H,23,24)(H,27,28). The van der Waals surface area contributed by atoms with Crippen LogP contribution in [0.4, 0.5) is 0 Å². The van der Waals surface area contributed by atoms with Gasteiger partial charge in [-0.15, -0.1) is 0 Å². The Morgan fingerprint density at radius 3 is 2.07 bits per heavy atom. The summed E-state index contributed by atoms with van der Waals surface area (Å²) in [5.41, 5.74) is 6.19. The molecule has 0 saturated heterocycles. The Bertz CT molecular complexity index is 694. The fraction of sp³-hybridized carbons (Fsp3) is 0.444. The highest BCUT2D eigenvalue weighted by atomic mass is 16.4. The molecule has 154 valence electrons. The molecule has 1 aromatic carbocycles. The first kappa shape index (κ1) is 23.1. The molecular weight excluding hydrogens is 370 g/mol. The third-order valence-electron chi connectivity index (χ3n) is 4.00. The lowest BCUT2D eigenvalue weighted by molar-refractivity contribution is -0.143. The first-order valence-corrected chi connectivity index (χ1v) is 8.64. The van der Waals surface area contributed by atoms with Crippen LogP contribution >= 0.6 is 0 Å². The van der Waals surface area contributed by atoms with E-state index >= 15 is 0 Å². The van der Waals surface area contributed by atoms with E-state index in [0.717, 1.165) is 0 Å². The van der Waals surface area contributed by atoms with Crippen molar-refractivity contribution in [2.24, 2.45) is 5.73 Å². The number of carboxylic acids is 2. The quantitative estimate of drug-likeness (QED) is 0.272. The number of nitrogens with one attached hydrogen (secondary N) is 2. The molecule has 28 heavy (non-hydrogen) atoms. The second kappa shape index (κ2) is 11.0. The molecule has 7 N–H and O–H groups in total. The maximum Gasteiger partial charge on any atom is 0.326 e. The van der Waals surface area contributed by atoms with Gasteiger partial charge in [-0.25, -0.2) is 4.79 Å². The molecule has 4 atom stereocenters. The number of amides is 2. The Kier molecular flexibility index (Phi) is 9.06. The number of benzene rings is 1. The van der Waals surface area contributed by atoms with Gasteiger partial charge in [-0.1, -0.05) is 30.3 Å². The highest BCUT2D eigenvalue weighted by Crippen LogP contribution is 2.06. The van der Waals surface area contributed by atoms with Crippen LogP contribution in [0, 0.1) is 0 Å². The molecule has 0 aliphatic carbocycles. The molecule has 4 unspecified atom stereocenters. The predicted molar refractivity (Wildman–Crippen MR) is 98.2 cm³/mol. The molecule has 0 heterocycles. The van der Waals surface area contributed by atoms with Crippen molar-refractivity contribution in [3.05, 3.63) is 35.9 Å². The monoisotopic (exact) mass is 395 g/mol. The van der Waals surface area contributed by atoms with Crippen molar-refractivity contribution in [2.45, 2.75) is 50.4 Å². The number of carboxylic acid groups (broad SMARTS) is 2. The summed E-state index contributed by atoms with van der Waals surface area (Å²) in [5.74, 6) is -4.17. The number of aliphatic hydroxyl groups is 1. The van der Waals surface area contributed by atoms with Crippen LogP contribution in [-0.4, -0.2) is 63.3 Å². The highest BCUT2D eigenvalue weighted by Gasteiger charge is 2.29. The third-order valence-corrected chi connectivity index (χ3v) is 4.00. The number of carbonyl (C=O) groups is 4. The first-order chi connectivity index (χ1) is 13.1. The third kappa shape index (κ3) is 7.72. The molecule has 0 aromatic heterocycles. The van der Waals surface area contributed by atoms with Crippen molar-refractivity contribution in [2.75, 3.05) is 0 Å². The van der Waals surface area contributed by atoms with Crippen LogP contribution in [0.5, 0.6) is 0 Å². The van der Waals surface area contributed by atoms with E-state index in [-0.39, 0.29) is 12.8 Å². The molecule has 10 heteroatoms. The lowest BCUT2D eigenvalue weighted by Gasteiger charge is -2.23. The van der Waals surface area contributed by atoms with Crippen LogP contribution in [0.15, 0.2) is 30.3 Å². The summed E-state index contributed by atoms with van der Waals surface area (Å²) in [5, 5.41) is 32.2. The van der Waals surface area contributed by atoms with Crippen LogP contribution in [0.1, 0.15) is 25.3 Å². The van der Waals surface area contributed by atoms with Gasteiger partial charge in [0.2, 0.25) is 11.8 Å². The van der Waals surface area contributed by atoms with Crippen LogP contribution < -0.4 is 16.4 Å². The van der Waals surface area contributed by atoms with Crippen LogP contribution in [-0.2, 0) is 25.6 Å². The number of carbonyl (C=O) groups excluding carboxylic acids is 2. The van der Waals surface area contributed by atoms with Gasteiger partial charge in [0, 0.05) is 12.8 Å². The van der Waals surface area contributed by atoms with Crippen molar-refractivity contribution < 1.29 is 34.5 Å². The van der Waals surface area contributed by atoms with E-state index in [1.165, 1.54) is 6.92 Å². The normalized spacial score (nSPS) is 15.0. The summed E-state index contributed by atoms with van der Waals surface area (Å²) in [4.78, 5) is 46.8. The van der Waals surface area contributed by atoms with Crippen molar-refractivity contribution in [3.8, 4) is 0 Å². The SMILES string of the molecule is CC(O)C(N)C(=O)NC(CCC(=O)O)C(=O)NC(Cc1ccccc1)C(=O)O. The molecular formula is C18H25N3O7. The van der Waals surface area contributed by atoms with Gasteiger partial charge < -0.3 is 31.7 Å². The number of hydrogen-bond donors (Lipinski definition) is 6. The van der Waals surface area contributed by atoms with Gasteiger partial charge in [0.05, 0.1) is 6.10 Å². The minimum Gasteiger partial charge on any atom is -0.481 e. The zero-order valence-electron chi connectivity index (χ0n) is 15.4. The number of hydrogen-bond acceptors (Lipinski definition) is 6. The summed E-state index contributed by atoms with van der Waals surface area (Å²) in [6.07, 6.45) is -1.88. The van der Waals surface area contributed by atoms with E-state index in [1.54, 1.807) is 30.3 Å². The molecule has 0 aliphatic rings. The average molecular weight is 395 g/mol.